The number of nitrogens with one attached hydrogen (secondary N) is 1. The van der Waals surface area contributed by atoms with Crippen molar-refractivity contribution in [2.45, 2.75) is 12.5 Å². The lowest BCUT2D eigenvalue weighted by Crippen LogP contribution is -2.24. The predicted molar refractivity (Wildman–Crippen MR) is 77.1 cm³/mol. The first-order valence-corrected chi connectivity index (χ1v) is 7.05. The average Bonchev–Trinajstić information content (AvgIpc) is 2.79. The number of fused-ring (bicyclic) bond motifs is 1. The quantitative estimate of drug-likeness (QED) is 0.907. The highest BCUT2D eigenvalue weighted by Gasteiger charge is 2.23. The zero-order valence-corrected chi connectivity index (χ0v) is 12.1. The molecule has 1 aliphatic heterocycles. The van der Waals surface area contributed by atoms with E-state index in [0.717, 1.165) is 17.0 Å². The topological polar surface area (TPSA) is 21.3 Å². The highest BCUT2D eigenvalue weighted by atomic mass is 79.9. The summed E-state index contributed by atoms with van der Waals surface area (Å²) in [5.41, 5.74) is 1.69. The minimum Gasteiger partial charge on any atom is -0.488 e. The summed E-state index contributed by atoms with van der Waals surface area (Å²) < 4.78 is 32.5. The fourth-order valence-electron chi connectivity index (χ4n) is 2.26. The maximum atomic E-state index is 13.1. The van der Waals surface area contributed by atoms with Gasteiger partial charge in [-0.25, -0.2) is 8.78 Å². The smallest absolute Gasteiger partial charge is 0.124 e. The molecule has 0 radical (unpaired) electrons. The van der Waals surface area contributed by atoms with Crippen molar-refractivity contribution in [3.8, 4) is 5.75 Å². The van der Waals surface area contributed by atoms with Crippen molar-refractivity contribution in [3.63, 3.8) is 0 Å². The van der Waals surface area contributed by atoms with Gasteiger partial charge in [-0.1, -0.05) is 0 Å². The summed E-state index contributed by atoms with van der Waals surface area (Å²) in [6.07, 6.45) is 0.614. The molecule has 1 heterocycles. The number of halogens is 3. The van der Waals surface area contributed by atoms with E-state index in [4.69, 9.17) is 4.74 Å². The lowest BCUT2D eigenvalue weighted by molar-refractivity contribution is 0.246. The molecular formula is C15H12BrF2NO. The Morgan fingerprint density at radius 1 is 1.15 bits per heavy atom. The van der Waals surface area contributed by atoms with Crippen LogP contribution in [0.25, 0.3) is 0 Å². The van der Waals surface area contributed by atoms with Gasteiger partial charge in [-0.2, -0.15) is 0 Å². The summed E-state index contributed by atoms with van der Waals surface area (Å²) in [6.45, 7) is 0.570. The largest absolute Gasteiger partial charge is 0.488 e. The monoisotopic (exact) mass is 339 g/mol. The molecule has 1 unspecified atom stereocenters. The van der Waals surface area contributed by atoms with E-state index in [1.807, 2.05) is 0 Å². The van der Waals surface area contributed by atoms with Crippen molar-refractivity contribution >= 4 is 21.6 Å². The first-order valence-electron chi connectivity index (χ1n) is 6.26. The third kappa shape index (κ3) is 2.77. The molecule has 0 aliphatic carbocycles. The van der Waals surface area contributed by atoms with E-state index in [1.165, 1.54) is 24.3 Å². The van der Waals surface area contributed by atoms with Crippen LogP contribution in [0.3, 0.4) is 0 Å². The van der Waals surface area contributed by atoms with Crippen LogP contribution in [0.1, 0.15) is 5.56 Å². The molecule has 2 aromatic rings. The van der Waals surface area contributed by atoms with Crippen LogP contribution in [0.4, 0.5) is 14.5 Å². The minimum absolute atomic E-state index is 0.0521. The van der Waals surface area contributed by atoms with E-state index in [1.54, 1.807) is 12.1 Å². The van der Waals surface area contributed by atoms with E-state index >= 15 is 0 Å². The molecule has 0 fully saturated rings. The van der Waals surface area contributed by atoms with E-state index in [2.05, 4.69) is 21.2 Å². The maximum absolute atomic E-state index is 13.1. The zero-order valence-electron chi connectivity index (χ0n) is 10.5. The van der Waals surface area contributed by atoms with Gasteiger partial charge in [-0.15, -0.1) is 0 Å². The summed E-state index contributed by atoms with van der Waals surface area (Å²) in [6, 6.07) is 9.02. The van der Waals surface area contributed by atoms with Crippen LogP contribution in [0.5, 0.6) is 5.75 Å². The van der Waals surface area contributed by atoms with E-state index < -0.39 is 0 Å². The Labute approximate surface area is 123 Å². The normalized spacial score (nSPS) is 16.6. The second kappa shape index (κ2) is 5.40. The number of anilines is 1. The van der Waals surface area contributed by atoms with E-state index in [-0.39, 0.29) is 17.7 Å². The van der Waals surface area contributed by atoms with Gasteiger partial charge in [0.05, 0.1) is 6.54 Å². The molecule has 2 aromatic carbocycles. The van der Waals surface area contributed by atoms with Gasteiger partial charge in [-0.05, 0) is 52.3 Å². The predicted octanol–water partition coefficient (Wildman–Crippen LogP) is 4.14. The lowest BCUT2D eigenvalue weighted by atomic mass is 10.1. The summed E-state index contributed by atoms with van der Waals surface area (Å²) in [7, 11) is 0. The van der Waals surface area contributed by atoms with Crippen LogP contribution in [-0.2, 0) is 6.42 Å². The van der Waals surface area contributed by atoms with Crippen molar-refractivity contribution < 1.29 is 13.5 Å². The molecule has 5 heteroatoms. The molecule has 0 saturated heterocycles. The molecule has 2 nitrogen and oxygen atoms in total. The van der Waals surface area contributed by atoms with Crippen LogP contribution in [0.2, 0.25) is 0 Å². The van der Waals surface area contributed by atoms with Gasteiger partial charge in [0, 0.05) is 22.1 Å². The van der Waals surface area contributed by atoms with Gasteiger partial charge in [-0.3, -0.25) is 0 Å². The van der Waals surface area contributed by atoms with Crippen LogP contribution in [0, 0.1) is 11.6 Å². The minimum atomic E-state index is -0.289. The third-order valence-electron chi connectivity index (χ3n) is 3.22. The molecule has 1 N–H and O–H groups in total. The molecule has 0 amide bonds. The van der Waals surface area contributed by atoms with E-state index in [9.17, 15) is 8.78 Å². The third-order valence-corrected chi connectivity index (χ3v) is 3.87. The number of hydrogen-bond acceptors (Lipinski definition) is 2. The van der Waals surface area contributed by atoms with Gasteiger partial charge in [0.1, 0.15) is 23.5 Å². The van der Waals surface area contributed by atoms with Gasteiger partial charge in [0.15, 0.2) is 0 Å². The number of ether oxygens (including phenoxy) is 1. The fraction of sp³-hybridized carbons (Fsp3) is 0.200. The van der Waals surface area contributed by atoms with Crippen LogP contribution < -0.4 is 10.1 Å². The van der Waals surface area contributed by atoms with Crippen LogP contribution in [0.15, 0.2) is 40.9 Å². The van der Waals surface area contributed by atoms with Crippen molar-refractivity contribution in [1.29, 1.82) is 0 Å². The van der Waals surface area contributed by atoms with Gasteiger partial charge < -0.3 is 10.1 Å². The van der Waals surface area contributed by atoms with Crippen LogP contribution in [-0.4, -0.2) is 12.6 Å². The van der Waals surface area contributed by atoms with Gasteiger partial charge in [0.2, 0.25) is 0 Å². The summed E-state index contributed by atoms with van der Waals surface area (Å²) in [5.74, 6) is 0.195. The SMILES string of the molecule is Fc1ccc(NCC2Cc3cc(F)ccc3O2)c(Br)c1. The summed E-state index contributed by atoms with van der Waals surface area (Å²) in [5, 5.41) is 3.20. The molecule has 3 rings (SSSR count). The second-order valence-corrected chi connectivity index (χ2v) is 5.56. The molecular weight excluding hydrogens is 328 g/mol. The Hall–Kier alpha value is -1.62. The molecule has 1 atom stereocenters. The number of benzene rings is 2. The molecule has 20 heavy (non-hydrogen) atoms. The average molecular weight is 340 g/mol. The fourth-order valence-corrected chi connectivity index (χ4v) is 2.75. The van der Waals surface area contributed by atoms with Crippen molar-refractivity contribution in [2.24, 2.45) is 0 Å². The molecule has 0 bridgehead atoms. The Morgan fingerprint density at radius 3 is 2.70 bits per heavy atom. The zero-order chi connectivity index (χ0) is 14.1. The van der Waals surface area contributed by atoms with Gasteiger partial charge >= 0.3 is 0 Å². The molecule has 0 spiro atoms. The molecule has 0 aromatic heterocycles. The maximum Gasteiger partial charge on any atom is 0.124 e. The lowest BCUT2D eigenvalue weighted by Gasteiger charge is -2.14. The van der Waals surface area contributed by atoms with Crippen molar-refractivity contribution in [3.05, 3.63) is 58.1 Å². The van der Waals surface area contributed by atoms with Crippen LogP contribution >= 0.6 is 15.9 Å². The summed E-state index contributed by atoms with van der Waals surface area (Å²) >= 11 is 3.30. The Balaban J connectivity index is 1.63. The molecule has 1 aliphatic rings. The highest BCUT2D eigenvalue weighted by molar-refractivity contribution is 9.10. The summed E-state index contributed by atoms with van der Waals surface area (Å²) in [4.78, 5) is 0. The number of hydrogen-bond donors (Lipinski definition) is 1. The number of rotatable bonds is 3. The van der Waals surface area contributed by atoms with E-state index in [0.29, 0.717) is 17.4 Å². The molecule has 104 valence electrons. The second-order valence-electron chi connectivity index (χ2n) is 4.70. The van der Waals surface area contributed by atoms with Gasteiger partial charge in [0.25, 0.3) is 0 Å². The van der Waals surface area contributed by atoms with Crippen molar-refractivity contribution in [1.82, 2.24) is 0 Å². The Morgan fingerprint density at radius 2 is 1.90 bits per heavy atom. The van der Waals surface area contributed by atoms with Crippen molar-refractivity contribution in [2.75, 3.05) is 11.9 Å². The Kier molecular flexibility index (Phi) is 3.61. The molecule has 0 saturated carbocycles. The first kappa shape index (κ1) is 13.4. The highest BCUT2D eigenvalue weighted by Crippen LogP contribution is 2.30. The standard InChI is InChI=1S/C15H12BrF2NO/c16-13-7-11(18)1-3-14(13)19-8-12-6-9-5-10(17)2-4-15(9)20-12/h1-5,7,12,19H,6,8H2. The first-order chi connectivity index (χ1) is 9.61. The Bertz CT molecular complexity index is 648.